The molecule has 0 aliphatic carbocycles. The fraction of sp³-hybridized carbons (Fsp3) is 0.0435. The number of urea groups is 1. The molecule has 2 aromatic carbocycles. The SMILES string of the molecule is O=C(O)c1cc(C(=O)O)cc(-c2ccc(/C=C3/NC(=O)N(Cc4ccccc4)C3=O)o2)c1. The Kier molecular flexibility index (Phi) is 5.30. The molecule has 1 aliphatic rings. The fourth-order valence-corrected chi connectivity index (χ4v) is 3.23. The Morgan fingerprint density at radius 1 is 0.938 bits per heavy atom. The lowest BCUT2D eigenvalue weighted by atomic mass is 10.0. The Bertz CT molecular complexity index is 1240. The van der Waals surface area contributed by atoms with Gasteiger partial charge in [-0.1, -0.05) is 30.3 Å². The van der Waals surface area contributed by atoms with Crippen LogP contribution in [-0.4, -0.2) is 39.0 Å². The maximum absolute atomic E-state index is 12.6. The van der Waals surface area contributed by atoms with E-state index in [1.165, 1.54) is 30.3 Å². The number of aromatic carboxylic acids is 2. The minimum absolute atomic E-state index is 0.0253. The molecule has 3 aromatic rings. The van der Waals surface area contributed by atoms with Crippen molar-refractivity contribution in [2.45, 2.75) is 6.54 Å². The van der Waals surface area contributed by atoms with Gasteiger partial charge in [-0.3, -0.25) is 9.69 Å². The molecule has 0 bridgehead atoms. The number of imide groups is 1. The van der Waals surface area contributed by atoms with E-state index in [-0.39, 0.29) is 40.5 Å². The third-order valence-corrected chi connectivity index (χ3v) is 4.77. The first-order chi connectivity index (χ1) is 15.3. The van der Waals surface area contributed by atoms with Crippen LogP contribution < -0.4 is 5.32 Å². The molecule has 2 heterocycles. The van der Waals surface area contributed by atoms with Crippen LogP contribution in [0.4, 0.5) is 4.79 Å². The molecule has 160 valence electrons. The highest BCUT2D eigenvalue weighted by Gasteiger charge is 2.33. The number of benzene rings is 2. The molecule has 0 radical (unpaired) electrons. The number of carboxylic acid groups (broad SMARTS) is 2. The van der Waals surface area contributed by atoms with Crippen LogP contribution in [0.25, 0.3) is 17.4 Å². The second-order valence-corrected chi connectivity index (χ2v) is 6.98. The summed E-state index contributed by atoms with van der Waals surface area (Å²) >= 11 is 0. The van der Waals surface area contributed by atoms with Crippen molar-refractivity contribution in [3.63, 3.8) is 0 Å². The smallest absolute Gasteiger partial charge is 0.335 e. The Balaban J connectivity index is 1.59. The van der Waals surface area contributed by atoms with E-state index in [9.17, 15) is 29.4 Å². The lowest BCUT2D eigenvalue weighted by molar-refractivity contribution is -0.123. The van der Waals surface area contributed by atoms with Crippen molar-refractivity contribution in [3.8, 4) is 11.3 Å². The summed E-state index contributed by atoms with van der Waals surface area (Å²) in [4.78, 5) is 48.6. The number of rotatable bonds is 6. The first-order valence-electron chi connectivity index (χ1n) is 9.42. The summed E-state index contributed by atoms with van der Waals surface area (Å²) in [5.74, 6) is -2.64. The van der Waals surface area contributed by atoms with Gasteiger partial charge in [-0.15, -0.1) is 0 Å². The summed E-state index contributed by atoms with van der Waals surface area (Å²) in [6, 6.07) is 15.2. The second kappa shape index (κ2) is 8.23. The molecule has 0 spiro atoms. The Morgan fingerprint density at radius 2 is 1.59 bits per heavy atom. The third-order valence-electron chi connectivity index (χ3n) is 4.77. The number of hydrogen-bond donors (Lipinski definition) is 3. The molecular weight excluding hydrogens is 416 g/mol. The zero-order chi connectivity index (χ0) is 22.8. The Hall–Kier alpha value is -4.66. The van der Waals surface area contributed by atoms with Crippen molar-refractivity contribution < 1.29 is 33.8 Å². The van der Waals surface area contributed by atoms with E-state index in [2.05, 4.69) is 5.32 Å². The number of hydrogen-bond acceptors (Lipinski definition) is 5. The van der Waals surface area contributed by atoms with Crippen LogP contribution in [0.5, 0.6) is 0 Å². The zero-order valence-electron chi connectivity index (χ0n) is 16.4. The van der Waals surface area contributed by atoms with Crippen molar-refractivity contribution in [2.24, 2.45) is 0 Å². The number of nitrogens with one attached hydrogen (secondary N) is 1. The monoisotopic (exact) mass is 432 g/mol. The zero-order valence-corrected chi connectivity index (χ0v) is 16.4. The minimum Gasteiger partial charge on any atom is -0.478 e. The number of carbonyl (C=O) groups is 4. The van der Waals surface area contributed by atoms with Crippen molar-refractivity contribution in [3.05, 3.63) is 88.8 Å². The van der Waals surface area contributed by atoms with Crippen LogP contribution >= 0.6 is 0 Å². The standard InChI is InChI=1S/C23H16N2O7/c26-20-18(24-23(31)25(20)12-13-4-2-1-3-5-13)11-17-6-7-19(32-17)14-8-15(21(27)28)10-16(9-14)22(29)30/h1-11H,12H2,(H,24,31)(H,27,28)(H,29,30)/b18-11+. The molecule has 0 unspecified atom stereocenters. The molecule has 1 fully saturated rings. The number of carbonyl (C=O) groups excluding carboxylic acids is 2. The summed E-state index contributed by atoms with van der Waals surface area (Å²) in [6.07, 6.45) is 1.36. The van der Waals surface area contributed by atoms with Crippen molar-refractivity contribution >= 4 is 30.0 Å². The van der Waals surface area contributed by atoms with Crippen LogP contribution in [0, 0.1) is 0 Å². The van der Waals surface area contributed by atoms with Gasteiger partial charge in [-0.05, 0) is 35.9 Å². The summed E-state index contributed by atoms with van der Waals surface area (Å²) in [5.41, 5.74) is 0.666. The lowest BCUT2D eigenvalue weighted by Crippen LogP contribution is -2.30. The van der Waals surface area contributed by atoms with E-state index in [1.807, 2.05) is 18.2 Å². The predicted molar refractivity (Wildman–Crippen MR) is 112 cm³/mol. The molecule has 1 aromatic heterocycles. The maximum Gasteiger partial charge on any atom is 0.335 e. The number of amides is 3. The van der Waals surface area contributed by atoms with Crippen LogP contribution in [0.1, 0.15) is 32.0 Å². The van der Waals surface area contributed by atoms with Gasteiger partial charge in [0.25, 0.3) is 5.91 Å². The topological polar surface area (TPSA) is 137 Å². The highest BCUT2D eigenvalue weighted by atomic mass is 16.4. The average Bonchev–Trinajstić information content (AvgIpc) is 3.34. The van der Waals surface area contributed by atoms with Crippen molar-refractivity contribution in [1.29, 1.82) is 0 Å². The largest absolute Gasteiger partial charge is 0.478 e. The van der Waals surface area contributed by atoms with E-state index >= 15 is 0 Å². The maximum atomic E-state index is 12.6. The molecule has 32 heavy (non-hydrogen) atoms. The third kappa shape index (κ3) is 4.12. The van der Waals surface area contributed by atoms with E-state index in [0.717, 1.165) is 16.5 Å². The molecule has 9 heteroatoms. The van der Waals surface area contributed by atoms with Crippen molar-refractivity contribution in [1.82, 2.24) is 10.2 Å². The first kappa shape index (κ1) is 20.6. The van der Waals surface area contributed by atoms with Crippen LogP contribution in [0.15, 0.2) is 70.8 Å². The Morgan fingerprint density at radius 3 is 2.22 bits per heavy atom. The Labute approximate surface area is 181 Å². The van der Waals surface area contributed by atoms with Gasteiger partial charge in [0.15, 0.2) is 0 Å². The molecular formula is C23H16N2O7. The van der Waals surface area contributed by atoms with Crippen LogP contribution in [-0.2, 0) is 11.3 Å². The van der Waals surface area contributed by atoms with Gasteiger partial charge in [0.1, 0.15) is 17.2 Å². The number of nitrogens with zero attached hydrogens (tertiary/aromatic N) is 1. The molecule has 0 saturated carbocycles. The lowest BCUT2D eigenvalue weighted by Gasteiger charge is -2.11. The molecule has 3 N–H and O–H groups in total. The van der Waals surface area contributed by atoms with Gasteiger partial charge in [0, 0.05) is 11.6 Å². The molecule has 9 nitrogen and oxygen atoms in total. The van der Waals surface area contributed by atoms with Gasteiger partial charge in [0.2, 0.25) is 0 Å². The number of carboxylic acids is 2. The normalized spacial score (nSPS) is 14.6. The van der Waals surface area contributed by atoms with Gasteiger partial charge >= 0.3 is 18.0 Å². The van der Waals surface area contributed by atoms with Crippen LogP contribution in [0.3, 0.4) is 0 Å². The highest BCUT2D eigenvalue weighted by molar-refractivity contribution is 6.13. The fourth-order valence-electron chi connectivity index (χ4n) is 3.23. The second-order valence-electron chi connectivity index (χ2n) is 6.98. The van der Waals surface area contributed by atoms with E-state index in [4.69, 9.17) is 4.42 Å². The number of furan rings is 1. The minimum atomic E-state index is -1.28. The highest BCUT2D eigenvalue weighted by Crippen LogP contribution is 2.27. The summed E-state index contributed by atoms with van der Waals surface area (Å²) < 4.78 is 5.65. The van der Waals surface area contributed by atoms with E-state index < -0.39 is 23.9 Å². The average molecular weight is 432 g/mol. The van der Waals surface area contributed by atoms with Gasteiger partial charge in [0.05, 0.1) is 17.7 Å². The molecule has 1 saturated heterocycles. The molecule has 3 amide bonds. The van der Waals surface area contributed by atoms with E-state index in [1.54, 1.807) is 12.1 Å². The van der Waals surface area contributed by atoms with Crippen molar-refractivity contribution in [2.75, 3.05) is 0 Å². The predicted octanol–water partition coefficient (Wildman–Crippen LogP) is 3.44. The summed E-state index contributed by atoms with van der Waals surface area (Å²) in [7, 11) is 0. The summed E-state index contributed by atoms with van der Waals surface area (Å²) in [5, 5.41) is 21.0. The molecule has 0 atom stereocenters. The van der Waals surface area contributed by atoms with E-state index in [0.29, 0.717) is 0 Å². The van der Waals surface area contributed by atoms with Gasteiger partial charge < -0.3 is 19.9 Å². The first-order valence-corrected chi connectivity index (χ1v) is 9.42. The van der Waals surface area contributed by atoms with Crippen LogP contribution in [0.2, 0.25) is 0 Å². The van der Waals surface area contributed by atoms with Gasteiger partial charge in [-0.2, -0.15) is 0 Å². The molecule has 1 aliphatic heterocycles. The molecule has 4 rings (SSSR count). The summed E-state index contributed by atoms with van der Waals surface area (Å²) in [6.45, 7) is 0.117. The quantitative estimate of drug-likeness (QED) is 0.401. The van der Waals surface area contributed by atoms with Gasteiger partial charge in [-0.25, -0.2) is 14.4 Å².